The van der Waals surface area contributed by atoms with Crippen molar-refractivity contribution in [3.8, 4) is 5.69 Å². The fraction of sp³-hybridized carbons (Fsp3) is 0.333. The van der Waals surface area contributed by atoms with Crippen molar-refractivity contribution in [1.82, 2.24) is 20.1 Å². The van der Waals surface area contributed by atoms with E-state index in [0.717, 1.165) is 6.42 Å². The molecule has 1 atom stereocenters. The van der Waals surface area contributed by atoms with Gasteiger partial charge in [0.05, 0.1) is 10.7 Å². The van der Waals surface area contributed by atoms with Gasteiger partial charge in [0.2, 0.25) is 5.82 Å². The van der Waals surface area contributed by atoms with Gasteiger partial charge in [0, 0.05) is 6.42 Å². The van der Waals surface area contributed by atoms with Crippen LogP contribution in [0.1, 0.15) is 36.7 Å². The van der Waals surface area contributed by atoms with Crippen LogP contribution in [0.25, 0.3) is 5.69 Å². The average molecular weight is 337 g/mol. The SMILES string of the molecule is CCCc1nc(C(=O)N[C@@H](C)C(=O)O)nn1-c1ccccc1Cl. The fourth-order valence-corrected chi connectivity index (χ4v) is 2.18. The van der Waals surface area contributed by atoms with Gasteiger partial charge in [0.1, 0.15) is 11.9 Å². The third kappa shape index (κ3) is 3.87. The number of amides is 1. The number of benzene rings is 1. The van der Waals surface area contributed by atoms with Gasteiger partial charge in [-0.3, -0.25) is 9.59 Å². The number of carboxylic acids is 1. The lowest BCUT2D eigenvalue weighted by Crippen LogP contribution is -2.38. The summed E-state index contributed by atoms with van der Waals surface area (Å²) >= 11 is 6.18. The number of nitrogens with zero attached hydrogens (tertiary/aromatic N) is 3. The highest BCUT2D eigenvalue weighted by atomic mass is 35.5. The minimum absolute atomic E-state index is 0.0820. The van der Waals surface area contributed by atoms with Gasteiger partial charge >= 0.3 is 5.97 Å². The summed E-state index contributed by atoms with van der Waals surface area (Å²) in [5.41, 5.74) is 0.621. The highest BCUT2D eigenvalue weighted by Crippen LogP contribution is 2.21. The molecule has 1 heterocycles. The topological polar surface area (TPSA) is 97.1 Å². The molecule has 2 aromatic rings. The van der Waals surface area contributed by atoms with Crippen molar-refractivity contribution in [1.29, 1.82) is 0 Å². The predicted molar refractivity (Wildman–Crippen MR) is 84.9 cm³/mol. The highest BCUT2D eigenvalue weighted by molar-refractivity contribution is 6.32. The first kappa shape index (κ1) is 17.0. The Kier molecular flexibility index (Phi) is 5.33. The maximum atomic E-state index is 12.1. The van der Waals surface area contributed by atoms with E-state index in [4.69, 9.17) is 16.7 Å². The van der Waals surface area contributed by atoms with Gasteiger partial charge in [-0.05, 0) is 25.5 Å². The quantitative estimate of drug-likeness (QED) is 0.841. The Hall–Kier alpha value is -2.41. The molecule has 1 aromatic carbocycles. The molecule has 0 saturated carbocycles. The molecule has 7 nitrogen and oxygen atoms in total. The second-order valence-electron chi connectivity index (χ2n) is 5.00. The lowest BCUT2D eigenvalue weighted by molar-refractivity contribution is -0.138. The zero-order valence-corrected chi connectivity index (χ0v) is 13.5. The van der Waals surface area contributed by atoms with E-state index in [-0.39, 0.29) is 5.82 Å². The molecular formula is C15H17ClN4O3. The number of rotatable bonds is 6. The molecule has 0 spiro atoms. The Balaban J connectivity index is 2.37. The van der Waals surface area contributed by atoms with Crippen LogP contribution in [0, 0.1) is 0 Å². The van der Waals surface area contributed by atoms with Gasteiger partial charge in [-0.1, -0.05) is 30.7 Å². The third-order valence-corrected chi connectivity index (χ3v) is 3.47. The molecule has 23 heavy (non-hydrogen) atoms. The highest BCUT2D eigenvalue weighted by Gasteiger charge is 2.21. The number of para-hydroxylation sites is 1. The molecule has 0 bridgehead atoms. The van der Waals surface area contributed by atoms with E-state index in [1.165, 1.54) is 11.6 Å². The van der Waals surface area contributed by atoms with E-state index in [2.05, 4.69) is 15.4 Å². The van der Waals surface area contributed by atoms with Gasteiger partial charge in [-0.2, -0.15) is 0 Å². The zero-order valence-electron chi connectivity index (χ0n) is 12.8. The molecule has 1 amide bonds. The fourth-order valence-electron chi connectivity index (χ4n) is 1.97. The molecule has 0 aliphatic carbocycles. The summed E-state index contributed by atoms with van der Waals surface area (Å²) in [6, 6.07) is 6.08. The number of aliphatic carboxylic acids is 1. The Labute approximate surface area is 138 Å². The third-order valence-electron chi connectivity index (χ3n) is 3.15. The molecule has 2 rings (SSSR count). The van der Waals surface area contributed by atoms with Crippen LogP contribution in [-0.4, -0.2) is 37.8 Å². The first-order valence-corrected chi connectivity index (χ1v) is 7.56. The number of carboxylic acid groups (broad SMARTS) is 1. The van der Waals surface area contributed by atoms with Crippen molar-refractivity contribution in [2.24, 2.45) is 0 Å². The summed E-state index contributed by atoms with van der Waals surface area (Å²) in [7, 11) is 0. The summed E-state index contributed by atoms with van der Waals surface area (Å²) in [4.78, 5) is 27.1. The largest absolute Gasteiger partial charge is 0.480 e. The monoisotopic (exact) mass is 336 g/mol. The van der Waals surface area contributed by atoms with E-state index < -0.39 is 17.9 Å². The van der Waals surface area contributed by atoms with E-state index >= 15 is 0 Å². The second-order valence-corrected chi connectivity index (χ2v) is 5.41. The molecule has 0 unspecified atom stereocenters. The first-order chi connectivity index (χ1) is 10.9. The maximum absolute atomic E-state index is 12.1. The molecule has 0 saturated heterocycles. The number of hydrogen-bond acceptors (Lipinski definition) is 4. The molecular weight excluding hydrogens is 320 g/mol. The molecule has 8 heteroatoms. The van der Waals surface area contributed by atoms with Crippen LogP contribution in [0.2, 0.25) is 5.02 Å². The number of carbonyl (C=O) groups excluding carboxylic acids is 1. The first-order valence-electron chi connectivity index (χ1n) is 7.18. The van der Waals surface area contributed by atoms with Gasteiger partial charge in [-0.25, -0.2) is 9.67 Å². The Morgan fingerprint density at radius 1 is 1.39 bits per heavy atom. The number of aryl methyl sites for hydroxylation is 1. The molecule has 0 aliphatic rings. The summed E-state index contributed by atoms with van der Waals surface area (Å²) in [5.74, 6) is -1.25. The molecule has 122 valence electrons. The van der Waals surface area contributed by atoms with Crippen molar-refractivity contribution in [2.75, 3.05) is 0 Å². The Morgan fingerprint density at radius 2 is 2.09 bits per heavy atom. The Bertz CT molecular complexity index is 729. The maximum Gasteiger partial charge on any atom is 0.325 e. The second kappa shape index (κ2) is 7.23. The van der Waals surface area contributed by atoms with Gasteiger partial charge < -0.3 is 10.4 Å². The number of halogens is 1. The molecule has 1 aromatic heterocycles. The number of aromatic nitrogens is 3. The van der Waals surface area contributed by atoms with Crippen LogP contribution in [0.15, 0.2) is 24.3 Å². The Morgan fingerprint density at radius 3 is 2.70 bits per heavy atom. The summed E-state index contributed by atoms with van der Waals surface area (Å²) in [6.45, 7) is 3.36. The standard InChI is InChI=1S/C15H17ClN4O3/c1-3-6-12-18-13(14(21)17-9(2)15(22)23)19-20(12)11-8-5-4-7-10(11)16/h4-5,7-9H,3,6H2,1-2H3,(H,17,21)(H,22,23)/t9-/m0/s1. The van der Waals surface area contributed by atoms with E-state index in [0.29, 0.717) is 23.0 Å². The van der Waals surface area contributed by atoms with Crippen LogP contribution in [-0.2, 0) is 11.2 Å². The number of nitrogens with one attached hydrogen (secondary N) is 1. The summed E-state index contributed by atoms with van der Waals surface area (Å²) in [5, 5.41) is 15.9. The molecule has 0 fully saturated rings. The van der Waals surface area contributed by atoms with Crippen LogP contribution in [0.5, 0.6) is 0 Å². The van der Waals surface area contributed by atoms with Gasteiger partial charge in [0.15, 0.2) is 0 Å². The van der Waals surface area contributed by atoms with E-state index in [1.54, 1.807) is 18.2 Å². The van der Waals surface area contributed by atoms with Crippen molar-refractivity contribution in [2.45, 2.75) is 32.7 Å². The van der Waals surface area contributed by atoms with Gasteiger partial charge in [0.25, 0.3) is 5.91 Å². The van der Waals surface area contributed by atoms with Gasteiger partial charge in [-0.15, -0.1) is 5.10 Å². The van der Waals surface area contributed by atoms with Crippen molar-refractivity contribution in [3.05, 3.63) is 40.9 Å². The molecule has 2 N–H and O–H groups in total. The number of carbonyl (C=O) groups is 2. The minimum Gasteiger partial charge on any atom is -0.480 e. The lowest BCUT2D eigenvalue weighted by atomic mass is 10.3. The van der Waals surface area contributed by atoms with Crippen molar-refractivity contribution >= 4 is 23.5 Å². The smallest absolute Gasteiger partial charge is 0.325 e. The van der Waals surface area contributed by atoms with Crippen LogP contribution < -0.4 is 5.32 Å². The van der Waals surface area contributed by atoms with Crippen LogP contribution in [0.4, 0.5) is 0 Å². The van der Waals surface area contributed by atoms with Crippen molar-refractivity contribution < 1.29 is 14.7 Å². The van der Waals surface area contributed by atoms with Crippen LogP contribution in [0.3, 0.4) is 0 Å². The molecule has 0 aliphatic heterocycles. The van der Waals surface area contributed by atoms with Crippen LogP contribution >= 0.6 is 11.6 Å². The predicted octanol–water partition coefficient (Wildman–Crippen LogP) is 2.08. The minimum atomic E-state index is -1.13. The average Bonchev–Trinajstić information content (AvgIpc) is 2.92. The normalized spacial score (nSPS) is 12.0. The lowest BCUT2D eigenvalue weighted by Gasteiger charge is -2.07. The summed E-state index contributed by atoms with van der Waals surface area (Å²) < 4.78 is 1.52. The zero-order chi connectivity index (χ0) is 17.0. The van der Waals surface area contributed by atoms with E-state index in [9.17, 15) is 9.59 Å². The van der Waals surface area contributed by atoms with E-state index in [1.807, 2.05) is 13.0 Å². The summed E-state index contributed by atoms with van der Waals surface area (Å²) in [6.07, 6.45) is 1.43. The van der Waals surface area contributed by atoms with Crippen molar-refractivity contribution in [3.63, 3.8) is 0 Å². The molecule has 0 radical (unpaired) electrons. The number of hydrogen-bond donors (Lipinski definition) is 2.